The molecule has 0 aromatic rings. The van der Waals surface area contributed by atoms with Gasteiger partial charge in [-0.05, 0) is 6.42 Å². The van der Waals surface area contributed by atoms with Gasteiger partial charge in [0.25, 0.3) is 0 Å². The van der Waals surface area contributed by atoms with Crippen molar-refractivity contribution in [2.75, 3.05) is 13.7 Å². The summed E-state index contributed by atoms with van der Waals surface area (Å²) in [5.74, 6) is 0. The first kappa shape index (κ1) is 11.0. The molecular weight excluding hydrogens is 171 g/mol. The van der Waals surface area contributed by atoms with Crippen LogP contribution in [0.3, 0.4) is 0 Å². The van der Waals surface area contributed by atoms with Gasteiger partial charge in [-0.25, -0.2) is 0 Å². The highest BCUT2D eigenvalue weighted by Gasteiger charge is 2.42. The summed E-state index contributed by atoms with van der Waals surface area (Å²) >= 11 is 0. The SMILES string of the molecule is C[B][C@@H]1O[C@H](CCO)C(OC)[C@H]1O. The lowest BCUT2D eigenvalue weighted by atomic mass is 9.72. The highest BCUT2D eigenvalue weighted by molar-refractivity contribution is 6.35. The second kappa shape index (κ2) is 4.95. The van der Waals surface area contributed by atoms with Crippen molar-refractivity contribution in [2.24, 2.45) is 0 Å². The van der Waals surface area contributed by atoms with Gasteiger partial charge in [0.05, 0.1) is 12.1 Å². The second-order valence-corrected chi connectivity index (χ2v) is 3.18. The molecule has 0 aromatic heterocycles. The van der Waals surface area contributed by atoms with E-state index in [1.165, 1.54) is 0 Å². The fourth-order valence-electron chi connectivity index (χ4n) is 1.69. The predicted octanol–water partition coefficient (Wildman–Crippen LogP) is -0.778. The van der Waals surface area contributed by atoms with E-state index in [1.54, 1.807) is 14.4 Å². The number of ether oxygens (including phenoxy) is 2. The van der Waals surface area contributed by atoms with Crippen molar-refractivity contribution in [3.63, 3.8) is 0 Å². The van der Waals surface area contributed by atoms with Crippen LogP contribution in [-0.2, 0) is 9.47 Å². The molecule has 1 fully saturated rings. The Morgan fingerprint density at radius 3 is 2.69 bits per heavy atom. The standard InChI is InChI=1S/C8H16BO4/c1-9-8-6(11)7(12-2)5(13-8)3-4-10/h5-8,10-11H,3-4H2,1-2H3/t5-,6-,7?,8-/m1/s1. The minimum Gasteiger partial charge on any atom is -0.396 e. The van der Waals surface area contributed by atoms with E-state index in [0.29, 0.717) is 6.42 Å². The number of aliphatic hydroxyl groups excluding tert-OH is 2. The lowest BCUT2D eigenvalue weighted by Crippen LogP contribution is -2.36. The number of hydrogen-bond donors (Lipinski definition) is 2. The minimum absolute atomic E-state index is 0.0493. The Hall–Kier alpha value is -0.0951. The summed E-state index contributed by atoms with van der Waals surface area (Å²) in [7, 11) is 3.34. The van der Waals surface area contributed by atoms with Gasteiger partial charge >= 0.3 is 0 Å². The molecule has 1 heterocycles. The number of hydrogen-bond acceptors (Lipinski definition) is 4. The molecule has 0 aliphatic carbocycles. The van der Waals surface area contributed by atoms with Gasteiger partial charge in [-0.15, -0.1) is 0 Å². The van der Waals surface area contributed by atoms with Crippen molar-refractivity contribution in [3.8, 4) is 0 Å². The molecule has 1 aliphatic heterocycles. The molecule has 0 saturated carbocycles. The maximum atomic E-state index is 9.68. The predicted molar refractivity (Wildman–Crippen MR) is 48.8 cm³/mol. The van der Waals surface area contributed by atoms with Gasteiger partial charge in [0, 0.05) is 13.7 Å². The first-order valence-corrected chi connectivity index (χ1v) is 4.51. The largest absolute Gasteiger partial charge is 0.396 e. The first-order valence-electron chi connectivity index (χ1n) is 4.51. The van der Waals surface area contributed by atoms with E-state index in [2.05, 4.69) is 0 Å². The molecule has 1 unspecified atom stereocenters. The topological polar surface area (TPSA) is 58.9 Å². The van der Waals surface area contributed by atoms with Crippen LogP contribution >= 0.6 is 0 Å². The average Bonchev–Trinajstić information content (AvgIpc) is 2.43. The van der Waals surface area contributed by atoms with E-state index in [4.69, 9.17) is 14.6 Å². The van der Waals surface area contributed by atoms with Crippen molar-refractivity contribution >= 4 is 7.28 Å². The average molecular weight is 187 g/mol. The van der Waals surface area contributed by atoms with Crippen LogP contribution in [0.4, 0.5) is 0 Å². The fourth-order valence-corrected chi connectivity index (χ4v) is 1.69. The molecule has 2 N–H and O–H groups in total. The van der Waals surface area contributed by atoms with E-state index in [9.17, 15) is 5.11 Å². The highest BCUT2D eigenvalue weighted by Crippen LogP contribution is 2.24. The zero-order valence-electron chi connectivity index (χ0n) is 8.01. The Morgan fingerprint density at radius 1 is 1.54 bits per heavy atom. The molecule has 1 rings (SSSR count). The molecule has 5 heteroatoms. The molecule has 0 amide bonds. The Morgan fingerprint density at radius 2 is 2.23 bits per heavy atom. The Kier molecular flexibility index (Phi) is 4.19. The lowest BCUT2D eigenvalue weighted by Gasteiger charge is -2.17. The minimum atomic E-state index is -0.619. The summed E-state index contributed by atoms with van der Waals surface area (Å²) < 4.78 is 10.6. The third kappa shape index (κ3) is 2.23. The lowest BCUT2D eigenvalue weighted by molar-refractivity contribution is -0.0183. The van der Waals surface area contributed by atoms with Crippen LogP contribution in [0.15, 0.2) is 0 Å². The van der Waals surface area contributed by atoms with Crippen molar-refractivity contribution in [1.82, 2.24) is 0 Å². The highest BCUT2D eigenvalue weighted by atomic mass is 16.6. The Labute approximate surface area is 79.1 Å². The molecule has 0 spiro atoms. The monoisotopic (exact) mass is 187 g/mol. The van der Waals surface area contributed by atoms with Crippen molar-refractivity contribution in [3.05, 3.63) is 0 Å². The van der Waals surface area contributed by atoms with Crippen molar-refractivity contribution < 1.29 is 19.7 Å². The number of rotatable bonds is 4. The van der Waals surface area contributed by atoms with E-state index in [-0.39, 0.29) is 24.8 Å². The molecular formula is C8H16BO4. The van der Waals surface area contributed by atoms with Gasteiger partial charge in [0.15, 0.2) is 0 Å². The van der Waals surface area contributed by atoms with E-state index in [0.717, 1.165) is 0 Å². The van der Waals surface area contributed by atoms with Crippen LogP contribution in [0.25, 0.3) is 0 Å². The van der Waals surface area contributed by atoms with E-state index >= 15 is 0 Å². The summed E-state index contributed by atoms with van der Waals surface area (Å²) in [6.07, 6.45) is -0.647. The molecule has 0 bridgehead atoms. The van der Waals surface area contributed by atoms with Crippen molar-refractivity contribution in [1.29, 1.82) is 0 Å². The summed E-state index contributed by atoms with van der Waals surface area (Å²) in [5, 5.41) is 18.4. The van der Waals surface area contributed by atoms with Crippen LogP contribution in [0.2, 0.25) is 6.82 Å². The molecule has 1 radical (unpaired) electrons. The summed E-state index contributed by atoms with van der Waals surface area (Å²) in [6.45, 7) is 1.88. The Bertz CT molecular complexity index is 155. The molecule has 1 saturated heterocycles. The number of methoxy groups -OCH3 is 1. The molecule has 4 atom stereocenters. The Balaban J connectivity index is 2.55. The molecule has 0 aromatic carbocycles. The van der Waals surface area contributed by atoms with E-state index < -0.39 is 6.10 Å². The molecule has 75 valence electrons. The maximum absolute atomic E-state index is 9.68. The summed E-state index contributed by atoms with van der Waals surface area (Å²) in [6, 6.07) is -0.276. The van der Waals surface area contributed by atoms with Crippen LogP contribution < -0.4 is 0 Å². The van der Waals surface area contributed by atoms with Gasteiger partial charge in [0.1, 0.15) is 19.5 Å². The quantitative estimate of drug-likeness (QED) is 0.567. The second-order valence-electron chi connectivity index (χ2n) is 3.18. The normalized spacial score (nSPS) is 39.4. The smallest absolute Gasteiger partial charge is 0.149 e. The van der Waals surface area contributed by atoms with Crippen molar-refractivity contribution in [2.45, 2.75) is 37.6 Å². The van der Waals surface area contributed by atoms with Crippen LogP contribution in [-0.4, -0.2) is 55.5 Å². The molecule has 13 heavy (non-hydrogen) atoms. The summed E-state index contributed by atoms with van der Waals surface area (Å²) in [5.41, 5.74) is 0. The van der Waals surface area contributed by atoms with Gasteiger partial charge < -0.3 is 19.7 Å². The van der Waals surface area contributed by atoms with Gasteiger partial charge in [-0.3, -0.25) is 0 Å². The van der Waals surface area contributed by atoms with Crippen LogP contribution in [0.1, 0.15) is 6.42 Å². The van der Waals surface area contributed by atoms with E-state index in [1.807, 2.05) is 6.82 Å². The third-order valence-corrected chi connectivity index (χ3v) is 2.39. The van der Waals surface area contributed by atoms with Crippen LogP contribution in [0.5, 0.6) is 0 Å². The first-order chi connectivity index (χ1) is 6.24. The van der Waals surface area contributed by atoms with Gasteiger partial charge in [-0.2, -0.15) is 0 Å². The summed E-state index contributed by atoms with van der Waals surface area (Å²) in [4.78, 5) is 0. The maximum Gasteiger partial charge on any atom is 0.149 e. The molecule has 4 nitrogen and oxygen atoms in total. The van der Waals surface area contributed by atoms with Gasteiger partial charge in [0.2, 0.25) is 0 Å². The third-order valence-electron chi connectivity index (χ3n) is 2.39. The van der Waals surface area contributed by atoms with Gasteiger partial charge in [-0.1, -0.05) is 6.82 Å². The zero-order valence-corrected chi connectivity index (χ0v) is 8.01. The molecule has 1 aliphatic rings. The zero-order chi connectivity index (χ0) is 9.84. The fraction of sp³-hybridized carbons (Fsp3) is 1.00. The number of aliphatic hydroxyl groups is 2. The van der Waals surface area contributed by atoms with Crippen LogP contribution in [0, 0.1) is 0 Å².